The largest absolute Gasteiger partial charge is 0.370 e. The van der Waals surface area contributed by atoms with Gasteiger partial charge < -0.3 is 9.88 Å². The molecule has 2 heterocycles. The summed E-state index contributed by atoms with van der Waals surface area (Å²) in [7, 11) is 1.93. The molecule has 1 N–H and O–H groups in total. The van der Waals surface area contributed by atoms with Crippen LogP contribution in [0, 0.1) is 0 Å². The number of hydrogen-bond donors (Lipinski definition) is 1. The monoisotopic (exact) mass is 237 g/mol. The van der Waals surface area contributed by atoms with Crippen molar-refractivity contribution in [1.29, 1.82) is 0 Å². The van der Waals surface area contributed by atoms with Crippen molar-refractivity contribution in [1.82, 2.24) is 19.7 Å². The van der Waals surface area contributed by atoms with Crippen molar-refractivity contribution in [3.63, 3.8) is 0 Å². The van der Waals surface area contributed by atoms with Crippen molar-refractivity contribution in [2.24, 2.45) is 7.05 Å². The Labute approximate surface area is 98.5 Å². The molecule has 5 nitrogen and oxygen atoms in total. The van der Waals surface area contributed by atoms with Crippen molar-refractivity contribution >= 4 is 17.4 Å². The molecule has 2 aromatic heterocycles. The van der Waals surface area contributed by atoms with Gasteiger partial charge in [0.15, 0.2) is 0 Å². The zero-order chi connectivity index (χ0) is 11.4. The summed E-state index contributed by atoms with van der Waals surface area (Å²) in [6, 6.07) is 3.65. The summed E-state index contributed by atoms with van der Waals surface area (Å²) in [6.45, 7) is 0.765. The highest BCUT2D eigenvalue weighted by Crippen LogP contribution is 2.09. The normalized spacial score (nSPS) is 10.4. The Balaban J connectivity index is 1.84. The lowest BCUT2D eigenvalue weighted by molar-refractivity contribution is 0.787. The van der Waals surface area contributed by atoms with Gasteiger partial charge in [-0.05, 0) is 12.1 Å². The van der Waals surface area contributed by atoms with Crippen LogP contribution in [0.25, 0.3) is 0 Å². The highest BCUT2D eigenvalue weighted by Gasteiger charge is 2.00. The second kappa shape index (κ2) is 4.94. The maximum absolute atomic E-state index is 5.74. The number of nitrogens with zero attached hydrogens (tertiary/aromatic N) is 4. The predicted octanol–water partition coefficient (Wildman–Crippen LogP) is 1.52. The molecule has 6 heteroatoms. The Morgan fingerprint density at radius 2 is 2.31 bits per heavy atom. The molecule has 2 aromatic rings. The van der Waals surface area contributed by atoms with E-state index in [9.17, 15) is 0 Å². The highest BCUT2D eigenvalue weighted by molar-refractivity contribution is 6.30. The maximum atomic E-state index is 5.74. The van der Waals surface area contributed by atoms with Crippen molar-refractivity contribution in [2.75, 3.05) is 11.9 Å². The third-order valence-corrected chi connectivity index (χ3v) is 2.41. The van der Waals surface area contributed by atoms with Crippen LogP contribution in [0.2, 0.25) is 5.02 Å². The van der Waals surface area contributed by atoms with Gasteiger partial charge in [0.1, 0.15) is 18.0 Å². The van der Waals surface area contributed by atoms with E-state index in [1.54, 1.807) is 18.6 Å². The fourth-order valence-electron chi connectivity index (χ4n) is 1.32. The quantitative estimate of drug-likeness (QED) is 0.876. The minimum absolute atomic E-state index is 0.638. The third kappa shape index (κ3) is 2.70. The van der Waals surface area contributed by atoms with Crippen LogP contribution in [-0.2, 0) is 13.5 Å². The van der Waals surface area contributed by atoms with Gasteiger partial charge in [0, 0.05) is 26.2 Å². The van der Waals surface area contributed by atoms with Crippen molar-refractivity contribution in [3.05, 3.63) is 35.5 Å². The van der Waals surface area contributed by atoms with E-state index in [1.807, 2.05) is 17.7 Å². The lowest BCUT2D eigenvalue weighted by atomic mass is 10.4. The number of hydrogen-bond acceptors (Lipinski definition) is 4. The van der Waals surface area contributed by atoms with E-state index in [2.05, 4.69) is 20.5 Å². The molecular formula is C10H12ClN5. The summed E-state index contributed by atoms with van der Waals surface area (Å²) in [5.74, 6) is 1.76. The Hall–Kier alpha value is -1.62. The molecule has 16 heavy (non-hydrogen) atoms. The van der Waals surface area contributed by atoms with E-state index in [-0.39, 0.29) is 0 Å². The molecule has 0 aliphatic carbocycles. The standard InChI is InChI=1S/C10H12ClN5/c1-16-7-14-15-10(16)4-5-12-9-3-2-8(11)6-13-9/h2-3,6-7H,4-5H2,1H3,(H,12,13). The number of nitrogens with one attached hydrogen (secondary N) is 1. The topological polar surface area (TPSA) is 55.6 Å². The fourth-order valence-corrected chi connectivity index (χ4v) is 1.43. The molecular weight excluding hydrogens is 226 g/mol. The molecule has 0 amide bonds. The van der Waals surface area contributed by atoms with Crippen LogP contribution in [-0.4, -0.2) is 26.3 Å². The van der Waals surface area contributed by atoms with E-state index in [1.165, 1.54) is 0 Å². The van der Waals surface area contributed by atoms with Crippen LogP contribution in [0.3, 0.4) is 0 Å². The van der Waals surface area contributed by atoms with Crippen LogP contribution in [0.15, 0.2) is 24.7 Å². The van der Waals surface area contributed by atoms with E-state index >= 15 is 0 Å². The average molecular weight is 238 g/mol. The summed E-state index contributed by atoms with van der Waals surface area (Å²) in [5.41, 5.74) is 0. The number of rotatable bonds is 4. The first-order chi connectivity index (χ1) is 7.75. The summed E-state index contributed by atoms with van der Waals surface area (Å²) >= 11 is 5.74. The Morgan fingerprint density at radius 1 is 1.44 bits per heavy atom. The smallest absolute Gasteiger partial charge is 0.134 e. The van der Waals surface area contributed by atoms with E-state index in [4.69, 9.17) is 11.6 Å². The van der Waals surface area contributed by atoms with Crippen molar-refractivity contribution in [3.8, 4) is 0 Å². The van der Waals surface area contributed by atoms with E-state index in [0.717, 1.165) is 24.6 Å². The van der Waals surface area contributed by atoms with Crippen LogP contribution in [0.1, 0.15) is 5.82 Å². The zero-order valence-electron chi connectivity index (χ0n) is 8.89. The summed E-state index contributed by atoms with van der Waals surface area (Å²) in [6.07, 6.45) is 4.11. The van der Waals surface area contributed by atoms with Crippen molar-refractivity contribution in [2.45, 2.75) is 6.42 Å². The number of halogens is 1. The van der Waals surface area contributed by atoms with Crippen LogP contribution >= 0.6 is 11.6 Å². The zero-order valence-corrected chi connectivity index (χ0v) is 9.65. The molecule has 0 bridgehead atoms. The molecule has 0 fully saturated rings. The second-order valence-electron chi connectivity index (χ2n) is 3.40. The van der Waals surface area contributed by atoms with Gasteiger partial charge in [-0.25, -0.2) is 4.98 Å². The third-order valence-electron chi connectivity index (χ3n) is 2.19. The van der Waals surface area contributed by atoms with Gasteiger partial charge in [-0.2, -0.15) is 0 Å². The van der Waals surface area contributed by atoms with Gasteiger partial charge in [-0.3, -0.25) is 0 Å². The number of aromatic nitrogens is 4. The van der Waals surface area contributed by atoms with Gasteiger partial charge in [0.25, 0.3) is 0 Å². The second-order valence-corrected chi connectivity index (χ2v) is 3.83. The average Bonchev–Trinajstić information content (AvgIpc) is 2.68. The molecule has 0 radical (unpaired) electrons. The van der Waals surface area contributed by atoms with Gasteiger partial charge >= 0.3 is 0 Å². The molecule has 0 unspecified atom stereocenters. The summed E-state index contributed by atoms with van der Waals surface area (Å²) in [5, 5.41) is 11.6. The fraction of sp³-hybridized carbons (Fsp3) is 0.300. The van der Waals surface area contributed by atoms with E-state index < -0.39 is 0 Å². The van der Waals surface area contributed by atoms with Gasteiger partial charge in [0.2, 0.25) is 0 Å². The lowest BCUT2D eigenvalue weighted by Crippen LogP contribution is -2.09. The summed E-state index contributed by atoms with van der Waals surface area (Å²) in [4.78, 5) is 4.13. The maximum Gasteiger partial charge on any atom is 0.134 e. The molecule has 0 saturated heterocycles. The van der Waals surface area contributed by atoms with Crippen LogP contribution in [0.5, 0.6) is 0 Å². The van der Waals surface area contributed by atoms with Crippen LogP contribution in [0.4, 0.5) is 5.82 Å². The van der Waals surface area contributed by atoms with E-state index in [0.29, 0.717) is 5.02 Å². The van der Waals surface area contributed by atoms with Crippen LogP contribution < -0.4 is 5.32 Å². The molecule has 0 saturated carbocycles. The summed E-state index contributed by atoms with van der Waals surface area (Å²) < 4.78 is 1.90. The Kier molecular flexibility index (Phi) is 3.36. The first kappa shape index (κ1) is 10.9. The molecule has 2 rings (SSSR count). The molecule has 0 aliphatic rings. The molecule has 0 spiro atoms. The van der Waals surface area contributed by atoms with Gasteiger partial charge in [0.05, 0.1) is 5.02 Å². The minimum Gasteiger partial charge on any atom is -0.370 e. The Morgan fingerprint density at radius 3 is 2.94 bits per heavy atom. The predicted molar refractivity (Wildman–Crippen MR) is 62.4 cm³/mol. The SMILES string of the molecule is Cn1cnnc1CCNc1ccc(Cl)cn1. The van der Waals surface area contributed by atoms with Gasteiger partial charge in [-0.1, -0.05) is 11.6 Å². The Bertz CT molecular complexity index is 450. The number of aryl methyl sites for hydroxylation is 1. The lowest BCUT2D eigenvalue weighted by Gasteiger charge is -2.04. The molecule has 0 aliphatic heterocycles. The first-order valence-corrected chi connectivity index (χ1v) is 5.32. The highest BCUT2D eigenvalue weighted by atomic mass is 35.5. The molecule has 0 atom stereocenters. The van der Waals surface area contributed by atoms with Crippen molar-refractivity contribution < 1.29 is 0 Å². The minimum atomic E-state index is 0.638. The first-order valence-electron chi connectivity index (χ1n) is 4.94. The molecule has 84 valence electrons. The number of pyridine rings is 1. The van der Waals surface area contributed by atoms with Gasteiger partial charge in [-0.15, -0.1) is 10.2 Å². The molecule has 0 aromatic carbocycles. The number of anilines is 1.